The highest BCUT2D eigenvalue weighted by atomic mass is 16.5. The van der Waals surface area contributed by atoms with Gasteiger partial charge in [0.2, 0.25) is 0 Å². The number of nitrogens with one attached hydrogen (secondary N) is 2. The SMILES string of the molecule is COc1ccc2ccc(C(=O)Nc3nn[nH]n3)c(OC)c2c1. The third kappa shape index (κ3) is 2.41. The van der Waals surface area contributed by atoms with Gasteiger partial charge < -0.3 is 9.47 Å². The Bertz CT molecular complexity index is 817. The fraction of sp³-hybridized carbons (Fsp3) is 0.143. The van der Waals surface area contributed by atoms with Crippen molar-refractivity contribution >= 4 is 22.6 Å². The molecule has 1 aromatic heterocycles. The van der Waals surface area contributed by atoms with Crippen LogP contribution in [0.15, 0.2) is 30.3 Å². The topological polar surface area (TPSA) is 102 Å². The third-order valence-electron chi connectivity index (χ3n) is 3.20. The van der Waals surface area contributed by atoms with Crippen LogP contribution in [0.25, 0.3) is 10.8 Å². The van der Waals surface area contributed by atoms with Gasteiger partial charge in [-0.2, -0.15) is 5.21 Å². The molecule has 0 radical (unpaired) electrons. The van der Waals surface area contributed by atoms with Gasteiger partial charge in [-0.25, -0.2) is 0 Å². The minimum atomic E-state index is -0.386. The van der Waals surface area contributed by atoms with Crippen LogP contribution in [0.1, 0.15) is 10.4 Å². The molecule has 8 nitrogen and oxygen atoms in total. The van der Waals surface area contributed by atoms with E-state index in [1.54, 1.807) is 13.2 Å². The predicted octanol–water partition coefficient (Wildman–Crippen LogP) is 1.62. The Morgan fingerprint density at radius 1 is 1.18 bits per heavy atom. The Labute approximate surface area is 125 Å². The van der Waals surface area contributed by atoms with Crippen molar-refractivity contribution in [1.82, 2.24) is 20.6 Å². The summed E-state index contributed by atoms with van der Waals surface area (Å²) < 4.78 is 10.6. The minimum absolute atomic E-state index is 0.0952. The molecule has 22 heavy (non-hydrogen) atoms. The molecule has 0 bridgehead atoms. The summed E-state index contributed by atoms with van der Waals surface area (Å²) in [7, 11) is 3.10. The van der Waals surface area contributed by atoms with Crippen molar-refractivity contribution < 1.29 is 14.3 Å². The normalized spacial score (nSPS) is 10.5. The molecule has 0 saturated heterocycles. The summed E-state index contributed by atoms with van der Waals surface area (Å²) >= 11 is 0. The number of carbonyl (C=O) groups is 1. The molecular weight excluding hydrogens is 286 g/mol. The average Bonchev–Trinajstić information content (AvgIpc) is 3.05. The molecule has 0 aliphatic rings. The number of amides is 1. The molecule has 0 aliphatic carbocycles. The van der Waals surface area contributed by atoms with E-state index in [0.29, 0.717) is 17.1 Å². The van der Waals surface area contributed by atoms with E-state index in [1.807, 2.05) is 24.3 Å². The fourth-order valence-electron chi connectivity index (χ4n) is 2.18. The molecule has 0 aliphatic heterocycles. The second-order valence-electron chi connectivity index (χ2n) is 4.42. The maximum Gasteiger partial charge on any atom is 0.270 e. The molecular formula is C14H13N5O3. The van der Waals surface area contributed by atoms with Gasteiger partial charge >= 0.3 is 0 Å². The van der Waals surface area contributed by atoms with Crippen molar-refractivity contribution in [1.29, 1.82) is 0 Å². The van der Waals surface area contributed by atoms with Crippen LogP contribution in [-0.4, -0.2) is 40.8 Å². The van der Waals surface area contributed by atoms with Crippen molar-refractivity contribution in [2.75, 3.05) is 19.5 Å². The molecule has 8 heteroatoms. The van der Waals surface area contributed by atoms with E-state index < -0.39 is 0 Å². The van der Waals surface area contributed by atoms with Gasteiger partial charge in [-0.3, -0.25) is 10.1 Å². The van der Waals surface area contributed by atoms with Gasteiger partial charge in [0.05, 0.1) is 19.8 Å². The first kappa shape index (κ1) is 13.8. The number of ether oxygens (including phenoxy) is 2. The van der Waals surface area contributed by atoms with Crippen molar-refractivity contribution in [2.24, 2.45) is 0 Å². The standard InChI is InChI=1S/C14H13N5O3/c1-21-9-5-3-8-4-6-10(12(22-2)11(8)7-9)13(20)15-14-16-18-19-17-14/h3-7H,1-2H3,(H2,15,16,17,18,19,20). The lowest BCUT2D eigenvalue weighted by atomic mass is 10.0. The molecule has 0 saturated carbocycles. The zero-order valence-corrected chi connectivity index (χ0v) is 12.0. The first-order valence-corrected chi connectivity index (χ1v) is 6.42. The molecule has 0 unspecified atom stereocenters. The van der Waals surface area contributed by atoms with E-state index in [1.165, 1.54) is 7.11 Å². The molecule has 0 fully saturated rings. The van der Waals surface area contributed by atoms with Crippen LogP contribution in [0, 0.1) is 0 Å². The average molecular weight is 299 g/mol. The number of benzene rings is 2. The number of hydrogen-bond donors (Lipinski definition) is 2. The highest BCUT2D eigenvalue weighted by Gasteiger charge is 2.17. The van der Waals surface area contributed by atoms with E-state index in [2.05, 4.69) is 25.9 Å². The molecule has 2 aromatic carbocycles. The van der Waals surface area contributed by atoms with Crippen LogP contribution < -0.4 is 14.8 Å². The van der Waals surface area contributed by atoms with Crippen molar-refractivity contribution in [3.63, 3.8) is 0 Å². The molecule has 3 rings (SSSR count). The molecule has 112 valence electrons. The van der Waals surface area contributed by atoms with E-state index >= 15 is 0 Å². The quantitative estimate of drug-likeness (QED) is 0.759. The summed E-state index contributed by atoms with van der Waals surface area (Å²) in [5.41, 5.74) is 0.369. The van der Waals surface area contributed by atoms with Crippen LogP contribution >= 0.6 is 0 Å². The molecule has 2 N–H and O–H groups in total. The lowest BCUT2D eigenvalue weighted by Gasteiger charge is -2.12. The number of fused-ring (bicyclic) bond motifs is 1. The van der Waals surface area contributed by atoms with Gasteiger partial charge in [-0.1, -0.05) is 17.2 Å². The molecule has 0 spiro atoms. The number of rotatable bonds is 4. The van der Waals surface area contributed by atoms with Gasteiger partial charge in [-0.05, 0) is 28.8 Å². The van der Waals surface area contributed by atoms with Gasteiger partial charge in [0, 0.05) is 5.39 Å². The Morgan fingerprint density at radius 3 is 2.68 bits per heavy atom. The van der Waals surface area contributed by atoms with Crippen LogP contribution in [0.5, 0.6) is 11.5 Å². The van der Waals surface area contributed by atoms with Crippen molar-refractivity contribution in [3.8, 4) is 11.5 Å². The Hall–Kier alpha value is -3.16. The Balaban J connectivity index is 2.07. The van der Waals surface area contributed by atoms with E-state index in [9.17, 15) is 4.79 Å². The van der Waals surface area contributed by atoms with Crippen LogP contribution in [0.3, 0.4) is 0 Å². The molecule has 0 atom stereocenters. The number of methoxy groups -OCH3 is 2. The largest absolute Gasteiger partial charge is 0.497 e. The van der Waals surface area contributed by atoms with Gasteiger partial charge in [0.25, 0.3) is 11.9 Å². The summed E-state index contributed by atoms with van der Waals surface area (Å²) in [5.74, 6) is 0.847. The lowest BCUT2D eigenvalue weighted by molar-refractivity contribution is 0.102. The van der Waals surface area contributed by atoms with Gasteiger partial charge in [0.15, 0.2) is 0 Å². The van der Waals surface area contributed by atoms with Crippen LogP contribution in [0.2, 0.25) is 0 Å². The maximum absolute atomic E-state index is 12.3. The number of hydrogen-bond acceptors (Lipinski definition) is 6. The van der Waals surface area contributed by atoms with Gasteiger partial charge in [0.1, 0.15) is 11.5 Å². The maximum atomic E-state index is 12.3. The number of H-pyrrole nitrogens is 1. The molecule has 3 aromatic rings. The number of aromatic amines is 1. The zero-order chi connectivity index (χ0) is 15.5. The number of tetrazole rings is 1. The fourth-order valence-corrected chi connectivity index (χ4v) is 2.18. The third-order valence-corrected chi connectivity index (χ3v) is 3.20. The number of aromatic nitrogens is 4. The Morgan fingerprint density at radius 2 is 2.00 bits per heavy atom. The summed E-state index contributed by atoms with van der Waals surface area (Å²) in [6.45, 7) is 0. The number of carbonyl (C=O) groups excluding carboxylic acids is 1. The van der Waals surface area contributed by atoms with Gasteiger partial charge in [-0.15, -0.1) is 5.10 Å². The van der Waals surface area contributed by atoms with Crippen LogP contribution in [-0.2, 0) is 0 Å². The number of anilines is 1. The van der Waals surface area contributed by atoms with Crippen molar-refractivity contribution in [3.05, 3.63) is 35.9 Å². The summed E-state index contributed by atoms with van der Waals surface area (Å²) in [5, 5.41) is 17.3. The summed E-state index contributed by atoms with van der Waals surface area (Å²) in [4.78, 5) is 12.3. The number of nitrogens with zero attached hydrogens (tertiary/aromatic N) is 3. The second kappa shape index (κ2) is 5.68. The zero-order valence-electron chi connectivity index (χ0n) is 12.0. The molecule has 1 heterocycles. The first-order chi connectivity index (χ1) is 10.7. The minimum Gasteiger partial charge on any atom is -0.497 e. The van der Waals surface area contributed by atoms with E-state index in [4.69, 9.17) is 9.47 Å². The van der Waals surface area contributed by atoms with E-state index in [-0.39, 0.29) is 11.9 Å². The second-order valence-corrected chi connectivity index (χ2v) is 4.42. The van der Waals surface area contributed by atoms with E-state index in [0.717, 1.165) is 10.8 Å². The highest BCUT2D eigenvalue weighted by molar-refractivity contribution is 6.09. The first-order valence-electron chi connectivity index (χ1n) is 6.42. The van der Waals surface area contributed by atoms with Crippen molar-refractivity contribution in [2.45, 2.75) is 0 Å². The molecule has 1 amide bonds. The predicted molar refractivity (Wildman–Crippen MR) is 79.2 cm³/mol. The van der Waals surface area contributed by atoms with Crippen LogP contribution in [0.4, 0.5) is 5.95 Å². The summed E-state index contributed by atoms with van der Waals surface area (Å²) in [6, 6.07) is 9.09. The Kier molecular flexibility index (Phi) is 3.57. The lowest BCUT2D eigenvalue weighted by Crippen LogP contribution is -2.14. The monoisotopic (exact) mass is 299 g/mol. The highest BCUT2D eigenvalue weighted by Crippen LogP contribution is 2.32. The smallest absolute Gasteiger partial charge is 0.270 e. The summed E-state index contributed by atoms with van der Waals surface area (Å²) in [6.07, 6.45) is 0.